The lowest BCUT2D eigenvalue weighted by Gasteiger charge is -2.37. The Morgan fingerprint density at radius 2 is 2.29 bits per heavy atom. The van der Waals surface area contributed by atoms with Crippen LogP contribution in [0.1, 0.15) is 19.3 Å². The monoisotopic (exact) mass is 308 g/mol. The van der Waals surface area contributed by atoms with Crippen LogP contribution in [0.3, 0.4) is 0 Å². The maximum atomic E-state index is 6.22. The van der Waals surface area contributed by atoms with Gasteiger partial charge in [-0.3, -0.25) is 0 Å². The summed E-state index contributed by atoms with van der Waals surface area (Å²) < 4.78 is 12.3. The van der Waals surface area contributed by atoms with E-state index < -0.39 is 0 Å². The molecule has 2 aliphatic rings. The van der Waals surface area contributed by atoms with E-state index in [9.17, 15) is 0 Å². The molecule has 2 N–H and O–H groups in total. The molecule has 0 radical (unpaired) electrons. The van der Waals surface area contributed by atoms with Gasteiger partial charge in [-0.05, 0) is 24.3 Å². The highest BCUT2D eigenvalue weighted by Crippen LogP contribution is 2.40. The molecule has 2 saturated heterocycles. The molecular formula is C16H24N2O2S. The van der Waals surface area contributed by atoms with Crippen LogP contribution in [0, 0.1) is 0 Å². The molecule has 2 atom stereocenters. The number of nitrogens with two attached hydrogens (primary N) is 1. The van der Waals surface area contributed by atoms with Crippen LogP contribution >= 0.6 is 11.8 Å². The highest BCUT2D eigenvalue weighted by Gasteiger charge is 2.41. The van der Waals surface area contributed by atoms with Crippen LogP contribution in [0.25, 0.3) is 0 Å². The van der Waals surface area contributed by atoms with E-state index in [1.165, 1.54) is 5.75 Å². The number of benzene rings is 1. The van der Waals surface area contributed by atoms with Gasteiger partial charge in [0.1, 0.15) is 11.9 Å². The molecule has 2 unspecified atom stereocenters. The standard InChI is InChI=1S/C16H24N2O2S/c1-18(2)12-3-4-14(17)15(9-12)20-13-5-7-19-16(10-13)6-8-21-11-16/h3-4,9,13H,5-8,10-11,17H2,1-2H3. The first-order valence-electron chi connectivity index (χ1n) is 7.53. The van der Waals surface area contributed by atoms with Gasteiger partial charge >= 0.3 is 0 Å². The third-order valence-electron chi connectivity index (χ3n) is 4.32. The molecule has 116 valence electrons. The van der Waals surface area contributed by atoms with Crippen molar-refractivity contribution >= 4 is 23.1 Å². The van der Waals surface area contributed by atoms with Gasteiger partial charge in [0.05, 0.1) is 17.9 Å². The molecule has 2 fully saturated rings. The molecule has 0 aliphatic carbocycles. The molecule has 2 aliphatic heterocycles. The van der Waals surface area contributed by atoms with E-state index >= 15 is 0 Å². The number of hydrogen-bond donors (Lipinski definition) is 1. The van der Waals surface area contributed by atoms with E-state index in [-0.39, 0.29) is 11.7 Å². The lowest BCUT2D eigenvalue weighted by atomic mass is 9.91. The molecule has 0 amide bonds. The number of rotatable bonds is 3. The third-order valence-corrected chi connectivity index (χ3v) is 5.55. The zero-order valence-corrected chi connectivity index (χ0v) is 13.6. The van der Waals surface area contributed by atoms with Gasteiger partial charge in [0.25, 0.3) is 0 Å². The maximum absolute atomic E-state index is 6.22. The Balaban J connectivity index is 1.72. The predicted octanol–water partition coefficient (Wildman–Crippen LogP) is 2.77. The minimum atomic E-state index is 0.0432. The van der Waals surface area contributed by atoms with Gasteiger partial charge in [0, 0.05) is 44.4 Å². The van der Waals surface area contributed by atoms with E-state index in [0.29, 0.717) is 5.69 Å². The Morgan fingerprint density at radius 1 is 1.43 bits per heavy atom. The summed E-state index contributed by atoms with van der Waals surface area (Å²) in [7, 11) is 4.04. The molecule has 0 bridgehead atoms. The summed E-state index contributed by atoms with van der Waals surface area (Å²) in [6.07, 6.45) is 3.27. The number of anilines is 2. The zero-order valence-electron chi connectivity index (χ0n) is 12.8. The molecule has 3 rings (SSSR count). The molecule has 21 heavy (non-hydrogen) atoms. The normalized spacial score (nSPS) is 28.8. The second-order valence-electron chi connectivity index (χ2n) is 6.18. The van der Waals surface area contributed by atoms with Crippen LogP contribution in [-0.2, 0) is 4.74 Å². The van der Waals surface area contributed by atoms with Crippen LogP contribution in [0.4, 0.5) is 11.4 Å². The van der Waals surface area contributed by atoms with Gasteiger partial charge in [0.15, 0.2) is 0 Å². The summed E-state index contributed by atoms with van der Waals surface area (Å²) in [5, 5.41) is 0. The summed E-state index contributed by atoms with van der Waals surface area (Å²) in [6.45, 7) is 0.790. The van der Waals surface area contributed by atoms with Crippen LogP contribution < -0.4 is 15.4 Å². The van der Waals surface area contributed by atoms with Crippen LogP contribution in [0.5, 0.6) is 5.75 Å². The molecule has 1 aromatic carbocycles. The SMILES string of the molecule is CN(C)c1ccc(N)c(OC2CCOC3(CCSC3)C2)c1. The minimum absolute atomic E-state index is 0.0432. The van der Waals surface area contributed by atoms with Crippen LogP contribution in [0.15, 0.2) is 18.2 Å². The smallest absolute Gasteiger partial charge is 0.144 e. The number of thioether (sulfide) groups is 1. The van der Waals surface area contributed by atoms with Gasteiger partial charge in [0.2, 0.25) is 0 Å². The average molecular weight is 308 g/mol. The van der Waals surface area contributed by atoms with Crippen molar-refractivity contribution in [2.45, 2.75) is 31.0 Å². The summed E-state index contributed by atoms with van der Waals surface area (Å²) in [4.78, 5) is 2.06. The highest BCUT2D eigenvalue weighted by molar-refractivity contribution is 7.99. The number of nitrogens with zero attached hydrogens (tertiary/aromatic N) is 1. The summed E-state index contributed by atoms with van der Waals surface area (Å²) in [5.41, 5.74) is 7.93. The van der Waals surface area contributed by atoms with E-state index in [0.717, 1.165) is 43.1 Å². The van der Waals surface area contributed by atoms with Crippen molar-refractivity contribution in [2.24, 2.45) is 0 Å². The van der Waals surface area contributed by atoms with Crippen molar-refractivity contribution in [3.05, 3.63) is 18.2 Å². The third kappa shape index (κ3) is 3.24. The largest absolute Gasteiger partial charge is 0.488 e. The van der Waals surface area contributed by atoms with E-state index in [1.54, 1.807) is 0 Å². The molecule has 1 aromatic rings. The van der Waals surface area contributed by atoms with Gasteiger partial charge < -0.3 is 20.1 Å². The van der Waals surface area contributed by atoms with Crippen LogP contribution in [-0.4, -0.2) is 43.9 Å². The quantitative estimate of drug-likeness (QED) is 0.870. The average Bonchev–Trinajstić information content (AvgIpc) is 2.89. The van der Waals surface area contributed by atoms with E-state index in [1.807, 2.05) is 44.1 Å². The fraction of sp³-hybridized carbons (Fsp3) is 0.625. The molecule has 0 aromatic heterocycles. The fourth-order valence-corrected chi connectivity index (χ4v) is 4.41. The Labute approximate surface area is 131 Å². The first-order valence-corrected chi connectivity index (χ1v) is 8.69. The molecule has 0 saturated carbocycles. The Kier molecular flexibility index (Phi) is 4.22. The predicted molar refractivity (Wildman–Crippen MR) is 89.5 cm³/mol. The number of ether oxygens (including phenoxy) is 2. The molecule has 2 heterocycles. The minimum Gasteiger partial charge on any atom is -0.488 e. The van der Waals surface area contributed by atoms with Crippen molar-refractivity contribution in [1.29, 1.82) is 0 Å². The van der Waals surface area contributed by atoms with Gasteiger partial charge in [-0.1, -0.05) is 0 Å². The Bertz CT molecular complexity index is 501. The van der Waals surface area contributed by atoms with Crippen molar-refractivity contribution in [1.82, 2.24) is 0 Å². The van der Waals surface area contributed by atoms with Crippen molar-refractivity contribution in [2.75, 3.05) is 42.8 Å². The Hall–Kier alpha value is -1.07. The fourth-order valence-electron chi connectivity index (χ4n) is 3.03. The molecule has 1 spiro atoms. The first kappa shape index (κ1) is 14.9. The summed E-state index contributed by atoms with van der Waals surface area (Å²) >= 11 is 1.99. The summed E-state index contributed by atoms with van der Waals surface area (Å²) in [5.74, 6) is 3.10. The highest BCUT2D eigenvalue weighted by atomic mass is 32.2. The molecule has 5 heteroatoms. The van der Waals surface area contributed by atoms with Crippen LogP contribution in [0.2, 0.25) is 0 Å². The zero-order chi connectivity index (χ0) is 14.9. The molecule has 4 nitrogen and oxygen atoms in total. The van der Waals surface area contributed by atoms with Crippen molar-refractivity contribution < 1.29 is 9.47 Å². The van der Waals surface area contributed by atoms with Gasteiger partial charge in [-0.15, -0.1) is 0 Å². The number of nitrogen functional groups attached to an aromatic ring is 1. The number of hydrogen-bond acceptors (Lipinski definition) is 5. The van der Waals surface area contributed by atoms with Gasteiger partial charge in [-0.2, -0.15) is 11.8 Å². The Morgan fingerprint density at radius 3 is 3.00 bits per heavy atom. The topological polar surface area (TPSA) is 47.7 Å². The first-order chi connectivity index (χ1) is 10.1. The van der Waals surface area contributed by atoms with Crippen molar-refractivity contribution in [3.63, 3.8) is 0 Å². The lowest BCUT2D eigenvalue weighted by molar-refractivity contribution is -0.0957. The van der Waals surface area contributed by atoms with E-state index in [4.69, 9.17) is 15.2 Å². The maximum Gasteiger partial charge on any atom is 0.144 e. The lowest BCUT2D eigenvalue weighted by Crippen LogP contribution is -2.43. The molecular weight excluding hydrogens is 284 g/mol. The van der Waals surface area contributed by atoms with Crippen molar-refractivity contribution in [3.8, 4) is 5.75 Å². The second-order valence-corrected chi connectivity index (χ2v) is 7.29. The van der Waals surface area contributed by atoms with E-state index in [2.05, 4.69) is 4.90 Å². The second kappa shape index (κ2) is 5.97. The van der Waals surface area contributed by atoms with Gasteiger partial charge in [-0.25, -0.2) is 0 Å². The summed E-state index contributed by atoms with van der Waals surface area (Å²) in [6, 6.07) is 5.97.